The molecule has 6 nitrogen and oxygen atoms in total. The maximum atomic E-state index is 6.04. The van der Waals surface area contributed by atoms with Crippen LogP contribution in [0.1, 0.15) is 23.7 Å². The van der Waals surface area contributed by atoms with E-state index in [1.54, 1.807) is 0 Å². The number of aromatic nitrogens is 2. The number of anilines is 2. The molecule has 27 heavy (non-hydrogen) atoms. The molecule has 5 N–H and O–H groups in total. The first-order valence-corrected chi connectivity index (χ1v) is 9.17. The Kier molecular flexibility index (Phi) is 5.61. The number of hydrogen-bond acceptors (Lipinski definition) is 3. The molecule has 3 rings (SSSR count). The fourth-order valence-corrected chi connectivity index (χ4v) is 3.05. The second-order valence-corrected chi connectivity index (χ2v) is 6.69. The first-order valence-electron chi connectivity index (χ1n) is 8.76. The third-order valence-electron chi connectivity index (χ3n) is 4.18. The molecule has 0 radical (unpaired) electrons. The minimum Gasteiger partial charge on any atom is -0.310 e. The second-order valence-electron chi connectivity index (χ2n) is 6.28. The van der Waals surface area contributed by atoms with Crippen molar-refractivity contribution in [1.82, 2.24) is 9.97 Å². The number of nitrogens with zero attached hydrogens (tertiary/aromatic N) is 2. The Morgan fingerprint density at radius 3 is 2.67 bits per heavy atom. The second kappa shape index (κ2) is 8.09. The molecule has 0 saturated heterocycles. The number of thiocarbonyl (C=S) groups is 1. The Morgan fingerprint density at radius 2 is 1.89 bits per heavy atom. The highest BCUT2D eigenvalue weighted by Crippen LogP contribution is 2.18. The Morgan fingerprint density at radius 1 is 1.11 bits per heavy atom. The molecule has 0 aliphatic carbocycles. The molecule has 0 atom stereocenters. The van der Waals surface area contributed by atoms with Crippen molar-refractivity contribution >= 4 is 45.8 Å². The molecular formula is C20H23N6S+. The van der Waals surface area contributed by atoms with E-state index in [2.05, 4.69) is 44.7 Å². The van der Waals surface area contributed by atoms with Crippen LogP contribution in [0.5, 0.6) is 0 Å². The molecule has 3 aromatic rings. The summed E-state index contributed by atoms with van der Waals surface area (Å²) in [5, 5.41) is 7.56. The van der Waals surface area contributed by atoms with Gasteiger partial charge < -0.3 is 5.73 Å². The number of fused-ring (bicyclic) bond motifs is 1. The number of benzene rings is 2. The van der Waals surface area contributed by atoms with Crippen LogP contribution in [0.3, 0.4) is 0 Å². The van der Waals surface area contributed by atoms with Gasteiger partial charge >= 0.3 is 5.96 Å². The standard InChI is InChI=1S/C20H22N6S/c1-4-14-7-5-6-8-16(14)24-20(27)26-18(21)25-19-22-13(3)15-11-12(2)9-10-17(15)23-19/h5-11H,4H2,1-3H3,(H4,21,22,23,24,25,26,27)/p+1. The van der Waals surface area contributed by atoms with E-state index in [-0.39, 0.29) is 5.96 Å². The van der Waals surface area contributed by atoms with Gasteiger partial charge in [0.1, 0.15) is 0 Å². The molecule has 0 amide bonds. The summed E-state index contributed by atoms with van der Waals surface area (Å²) < 4.78 is 0. The highest BCUT2D eigenvalue weighted by atomic mass is 32.1. The normalized spacial score (nSPS) is 11.4. The lowest BCUT2D eigenvalue weighted by molar-refractivity contribution is -0.311. The third-order valence-corrected chi connectivity index (χ3v) is 4.39. The first-order chi connectivity index (χ1) is 13.0. The van der Waals surface area contributed by atoms with Crippen molar-refractivity contribution in [3.05, 3.63) is 59.3 Å². The van der Waals surface area contributed by atoms with Gasteiger partial charge in [0, 0.05) is 5.39 Å². The van der Waals surface area contributed by atoms with Gasteiger partial charge in [-0.3, -0.25) is 5.32 Å². The van der Waals surface area contributed by atoms with E-state index in [0.717, 1.165) is 28.7 Å². The van der Waals surface area contributed by atoms with Crippen LogP contribution < -0.4 is 21.4 Å². The minimum absolute atomic E-state index is 0.257. The smallest absolute Gasteiger partial charge is 0.310 e. The van der Waals surface area contributed by atoms with E-state index < -0.39 is 0 Å². The van der Waals surface area contributed by atoms with Gasteiger partial charge in [-0.2, -0.15) is 0 Å². The largest absolute Gasteiger partial charge is 0.312 e. The van der Waals surface area contributed by atoms with E-state index in [9.17, 15) is 0 Å². The van der Waals surface area contributed by atoms with E-state index >= 15 is 0 Å². The number of hydrogen-bond donors (Lipinski definition) is 4. The van der Waals surface area contributed by atoms with E-state index in [1.165, 1.54) is 11.1 Å². The summed E-state index contributed by atoms with van der Waals surface area (Å²) in [6.45, 7) is 6.09. The number of aryl methyl sites for hydroxylation is 3. The molecule has 0 spiro atoms. The van der Waals surface area contributed by atoms with Crippen LogP contribution >= 0.6 is 12.2 Å². The summed E-state index contributed by atoms with van der Waals surface area (Å²) in [7, 11) is 0. The van der Waals surface area contributed by atoms with Gasteiger partial charge in [0.15, 0.2) is 0 Å². The summed E-state index contributed by atoms with van der Waals surface area (Å²) in [4.78, 5) is 11.9. The summed E-state index contributed by atoms with van der Waals surface area (Å²) in [5.74, 6) is 0.679. The molecule has 2 aromatic carbocycles. The topological polar surface area (TPSA) is 89.8 Å². The lowest BCUT2D eigenvalue weighted by Gasteiger charge is -2.07. The van der Waals surface area contributed by atoms with Crippen LogP contribution in [0.15, 0.2) is 42.5 Å². The average molecular weight is 380 g/mol. The fraction of sp³-hybridized carbons (Fsp3) is 0.200. The molecule has 1 aromatic heterocycles. The molecule has 0 fully saturated rings. The summed E-state index contributed by atoms with van der Waals surface area (Å²) in [6.07, 6.45) is 0.910. The van der Waals surface area contributed by atoms with Crippen LogP contribution in [0.2, 0.25) is 0 Å². The van der Waals surface area contributed by atoms with E-state index in [0.29, 0.717) is 11.1 Å². The third kappa shape index (κ3) is 4.57. The fourth-order valence-electron chi connectivity index (χ4n) is 2.83. The monoisotopic (exact) mass is 379 g/mol. The maximum absolute atomic E-state index is 6.04. The van der Waals surface area contributed by atoms with Crippen molar-refractivity contribution in [2.75, 3.05) is 10.6 Å². The Labute approximate surface area is 163 Å². The lowest BCUT2D eigenvalue weighted by Crippen LogP contribution is -2.82. The van der Waals surface area contributed by atoms with Gasteiger partial charge in [0.25, 0.3) is 11.1 Å². The zero-order valence-corrected chi connectivity index (χ0v) is 16.4. The maximum Gasteiger partial charge on any atom is 0.312 e. The van der Waals surface area contributed by atoms with Gasteiger partial charge in [-0.25, -0.2) is 20.3 Å². The first kappa shape index (κ1) is 18.7. The minimum atomic E-state index is 0.257. The molecule has 0 unspecified atom stereocenters. The predicted molar refractivity (Wildman–Crippen MR) is 115 cm³/mol. The summed E-state index contributed by atoms with van der Waals surface area (Å²) in [6, 6.07) is 14.1. The number of nitrogens with two attached hydrogens (primary N) is 1. The lowest BCUT2D eigenvalue weighted by atomic mass is 10.1. The van der Waals surface area contributed by atoms with Gasteiger partial charge in [0.05, 0.1) is 16.9 Å². The van der Waals surface area contributed by atoms with E-state index in [4.69, 9.17) is 18.0 Å². The zero-order valence-electron chi connectivity index (χ0n) is 15.6. The molecule has 1 heterocycles. The molecule has 0 saturated carbocycles. The van der Waals surface area contributed by atoms with Crippen LogP contribution in [-0.4, -0.2) is 21.0 Å². The molecule has 0 aliphatic rings. The Balaban J connectivity index is 1.76. The molecule has 138 valence electrons. The molecular weight excluding hydrogens is 356 g/mol. The number of para-hydroxylation sites is 1. The molecule has 0 bridgehead atoms. The van der Waals surface area contributed by atoms with Crippen LogP contribution in [-0.2, 0) is 6.42 Å². The van der Waals surface area contributed by atoms with Crippen molar-refractivity contribution in [2.45, 2.75) is 27.2 Å². The highest BCUT2D eigenvalue weighted by molar-refractivity contribution is 7.80. The number of rotatable bonds is 3. The van der Waals surface area contributed by atoms with Crippen LogP contribution in [0.4, 0.5) is 11.6 Å². The van der Waals surface area contributed by atoms with Crippen molar-refractivity contribution in [3.8, 4) is 0 Å². The SMILES string of the molecule is CCc1ccccc1NC(=S)[NH+]=C(N)Nc1nc(C)c2cc(C)ccc2n1. The zero-order chi connectivity index (χ0) is 19.4. The van der Waals surface area contributed by atoms with Gasteiger partial charge in [-0.05, 0) is 56.2 Å². The van der Waals surface area contributed by atoms with Gasteiger partial charge in [0.2, 0.25) is 0 Å². The van der Waals surface area contributed by atoms with Crippen molar-refractivity contribution < 1.29 is 4.99 Å². The van der Waals surface area contributed by atoms with Gasteiger partial charge in [-0.1, -0.05) is 36.8 Å². The molecule has 7 heteroatoms. The van der Waals surface area contributed by atoms with Crippen LogP contribution in [0.25, 0.3) is 10.9 Å². The Bertz CT molecular complexity index is 1030. The number of nitrogens with one attached hydrogen (secondary N) is 3. The van der Waals surface area contributed by atoms with Crippen molar-refractivity contribution in [1.29, 1.82) is 0 Å². The molecule has 0 aliphatic heterocycles. The highest BCUT2D eigenvalue weighted by Gasteiger charge is 2.10. The summed E-state index contributed by atoms with van der Waals surface area (Å²) in [5.41, 5.74) is 11.1. The van der Waals surface area contributed by atoms with Crippen molar-refractivity contribution in [3.63, 3.8) is 0 Å². The summed E-state index contributed by atoms with van der Waals surface area (Å²) >= 11 is 5.35. The Hall–Kier alpha value is -3.06. The number of guanidine groups is 1. The quantitative estimate of drug-likeness (QED) is 0.316. The predicted octanol–water partition coefficient (Wildman–Crippen LogP) is 2.01. The van der Waals surface area contributed by atoms with Crippen molar-refractivity contribution in [2.24, 2.45) is 5.73 Å². The van der Waals surface area contributed by atoms with Crippen LogP contribution in [0, 0.1) is 13.8 Å². The average Bonchev–Trinajstić information content (AvgIpc) is 2.62. The van der Waals surface area contributed by atoms with E-state index in [1.807, 2.05) is 44.2 Å². The van der Waals surface area contributed by atoms with Gasteiger partial charge in [-0.15, -0.1) is 0 Å².